The van der Waals surface area contributed by atoms with Gasteiger partial charge in [0.1, 0.15) is 12.3 Å². The molecule has 10 nitrogen and oxygen atoms in total. The molecule has 0 fully saturated rings. The topological polar surface area (TPSA) is 99.7 Å². The second-order valence-corrected chi connectivity index (χ2v) is 9.71. The van der Waals surface area contributed by atoms with Crippen molar-refractivity contribution in [3.8, 4) is 0 Å². The summed E-state index contributed by atoms with van der Waals surface area (Å²) in [6.45, 7) is 2.98. The minimum atomic E-state index is -0.378. The van der Waals surface area contributed by atoms with Crippen LogP contribution in [0.1, 0.15) is 18.1 Å². The summed E-state index contributed by atoms with van der Waals surface area (Å²) < 4.78 is 10.3. The summed E-state index contributed by atoms with van der Waals surface area (Å²) in [7, 11) is 4.94. The molecule has 218 valence electrons. The number of carbonyl (C=O) groups is 4. The van der Waals surface area contributed by atoms with Gasteiger partial charge in [-0.1, -0.05) is 60.7 Å². The maximum Gasteiger partial charge on any atom is 0.242 e. The predicted molar refractivity (Wildman–Crippen MR) is 152 cm³/mol. The van der Waals surface area contributed by atoms with Crippen LogP contribution in [0.4, 0.5) is 0 Å². The van der Waals surface area contributed by atoms with Gasteiger partial charge >= 0.3 is 0 Å². The number of methoxy groups -OCH3 is 2. The van der Waals surface area contributed by atoms with Crippen molar-refractivity contribution in [1.82, 2.24) is 19.6 Å². The van der Waals surface area contributed by atoms with Crippen molar-refractivity contribution >= 4 is 23.5 Å². The lowest BCUT2D eigenvalue weighted by molar-refractivity contribution is -0.146. The molecule has 2 aromatic rings. The molecule has 0 aromatic heterocycles. The molecule has 2 aromatic carbocycles. The molecule has 0 N–H and O–H groups in total. The van der Waals surface area contributed by atoms with Crippen LogP contribution in [0.5, 0.6) is 0 Å². The van der Waals surface area contributed by atoms with Crippen molar-refractivity contribution < 1.29 is 28.7 Å². The molecule has 0 saturated carbocycles. The molecule has 0 unspecified atom stereocenters. The number of likely N-dealkylation sites (N-methyl/N-ethyl adjacent to an activating group) is 1. The average molecular weight is 555 g/mol. The maximum absolute atomic E-state index is 13.6. The monoisotopic (exact) mass is 554 g/mol. The lowest BCUT2D eigenvalue weighted by Gasteiger charge is -2.30. The van der Waals surface area contributed by atoms with Crippen molar-refractivity contribution in [3.63, 3.8) is 0 Å². The fourth-order valence-electron chi connectivity index (χ4n) is 4.02. The van der Waals surface area contributed by atoms with Crippen LogP contribution in [0, 0.1) is 0 Å². The number of ketones is 1. The number of ether oxygens (including phenoxy) is 2. The third-order valence-corrected chi connectivity index (χ3v) is 6.20. The van der Waals surface area contributed by atoms with E-state index in [9.17, 15) is 19.2 Å². The van der Waals surface area contributed by atoms with Crippen molar-refractivity contribution in [2.45, 2.75) is 20.0 Å². The zero-order valence-corrected chi connectivity index (χ0v) is 24.1. The largest absolute Gasteiger partial charge is 0.383 e. The van der Waals surface area contributed by atoms with E-state index in [1.54, 1.807) is 7.11 Å². The van der Waals surface area contributed by atoms with E-state index in [0.717, 1.165) is 11.1 Å². The molecule has 0 radical (unpaired) electrons. The van der Waals surface area contributed by atoms with Gasteiger partial charge in [0, 0.05) is 40.4 Å². The number of rotatable bonds is 18. The van der Waals surface area contributed by atoms with Gasteiger partial charge in [0.15, 0.2) is 0 Å². The van der Waals surface area contributed by atoms with E-state index in [-0.39, 0.29) is 75.9 Å². The first kappa shape index (κ1) is 32.6. The molecule has 0 spiro atoms. The Bertz CT molecular complexity index is 1070. The molecule has 0 aliphatic rings. The zero-order valence-electron chi connectivity index (χ0n) is 24.1. The number of benzene rings is 2. The lowest BCUT2D eigenvalue weighted by atomic mass is 10.2. The molecule has 0 aliphatic heterocycles. The second-order valence-electron chi connectivity index (χ2n) is 9.71. The van der Waals surface area contributed by atoms with Gasteiger partial charge in [-0.2, -0.15) is 0 Å². The van der Waals surface area contributed by atoms with Crippen LogP contribution in [-0.2, 0) is 41.7 Å². The summed E-state index contributed by atoms with van der Waals surface area (Å²) in [5.74, 6) is -1.10. The summed E-state index contributed by atoms with van der Waals surface area (Å²) in [5, 5.41) is 0. The minimum absolute atomic E-state index is 0.0630. The molecule has 40 heavy (non-hydrogen) atoms. The standard InChI is InChI=1S/C30H42N4O6/c1-25(35)19-33(20-26-11-7-5-8-12-26)30(38)23-32(16-18-40-4)29(37)24-34(21-27-13-9-6-10-14-27)28(36)22-31(2)15-17-39-3/h5-14H,15-24H2,1-4H3. The van der Waals surface area contributed by atoms with E-state index in [1.165, 1.54) is 28.7 Å². The normalized spacial score (nSPS) is 10.8. The maximum atomic E-state index is 13.6. The summed E-state index contributed by atoms with van der Waals surface area (Å²) in [4.78, 5) is 58.3. The molecule has 0 atom stereocenters. The summed E-state index contributed by atoms with van der Waals surface area (Å²) in [5.41, 5.74) is 1.77. The highest BCUT2D eigenvalue weighted by atomic mass is 16.5. The van der Waals surface area contributed by atoms with E-state index in [2.05, 4.69) is 0 Å². The number of hydrogen-bond acceptors (Lipinski definition) is 7. The summed E-state index contributed by atoms with van der Waals surface area (Å²) in [6.07, 6.45) is 0. The first-order chi connectivity index (χ1) is 19.2. The summed E-state index contributed by atoms with van der Waals surface area (Å²) in [6, 6.07) is 18.8. The van der Waals surface area contributed by atoms with Gasteiger partial charge in [0.2, 0.25) is 17.7 Å². The van der Waals surface area contributed by atoms with Crippen LogP contribution in [0.3, 0.4) is 0 Å². The second kappa shape index (κ2) is 17.9. The van der Waals surface area contributed by atoms with Gasteiger partial charge in [-0.05, 0) is 25.1 Å². The molecule has 3 amide bonds. The fourth-order valence-corrected chi connectivity index (χ4v) is 4.02. The molecule has 10 heteroatoms. The van der Waals surface area contributed by atoms with Crippen LogP contribution in [0.2, 0.25) is 0 Å². The fraction of sp³-hybridized carbons (Fsp3) is 0.467. The Morgan fingerprint density at radius 3 is 1.52 bits per heavy atom. The van der Waals surface area contributed by atoms with Gasteiger partial charge < -0.3 is 24.2 Å². The quantitative estimate of drug-likeness (QED) is 0.277. The third-order valence-electron chi connectivity index (χ3n) is 6.20. The highest BCUT2D eigenvalue weighted by Crippen LogP contribution is 2.09. The van der Waals surface area contributed by atoms with Gasteiger partial charge in [0.05, 0.1) is 32.8 Å². The highest BCUT2D eigenvalue weighted by Gasteiger charge is 2.26. The Kier molecular flexibility index (Phi) is 14.6. The first-order valence-electron chi connectivity index (χ1n) is 13.3. The number of hydrogen-bond donors (Lipinski definition) is 0. The highest BCUT2D eigenvalue weighted by molar-refractivity contribution is 5.90. The van der Waals surface area contributed by atoms with Gasteiger partial charge in [0.25, 0.3) is 0 Å². The smallest absolute Gasteiger partial charge is 0.242 e. The predicted octanol–water partition coefficient (Wildman–Crippen LogP) is 1.69. The van der Waals surface area contributed by atoms with Gasteiger partial charge in [-0.25, -0.2) is 0 Å². The third kappa shape index (κ3) is 12.1. The SMILES string of the molecule is COCCN(C)CC(=O)N(CC(=O)N(CCOC)CC(=O)N(CC(C)=O)Cc1ccccc1)Cc1ccccc1. The summed E-state index contributed by atoms with van der Waals surface area (Å²) >= 11 is 0. The van der Waals surface area contributed by atoms with E-state index in [0.29, 0.717) is 13.2 Å². The molecule has 0 aliphatic carbocycles. The Hall–Kier alpha value is -3.60. The van der Waals surface area contributed by atoms with E-state index in [4.69, 9.17) is 9.47 Å². The molecular weight excluding hydrogens is 512 g/mol. The number of amides is 3. The molecule has 0 bridgehead atoms. The van der Waals surface area contributed by atoms with E-state index >= 15 is 0 Å². The van der Waals surface area contributed by atoms with Crippen LogP contribution < -0.4 is 0 Å². The molecular formula is C30H42N4O6. The van der Waals surface area contributed by atoms with Crippen LogP contribution in [-0.4, -0.2) is 117 Å². The van der Waals surface area contributed by atoms with Crippen LogP contribution in [0.15, 0.2) is 60.7 Å². The van der Waals surface area contributed by atoms with Crippen molar-refractivity contribution in [2.75, 3.05) is 73.7 Å². The molecule has 2 rings (SSSR count). The number of nitrogens with zero attached hydrogens (tertiary/aromatic N) is 4. The van der Waals surface area contributed by atoms with E-state index < -0.39 is 0 Å². The van der Waals surface area contributed by atoms with Crippen LogP contribution in [0.25, 0.3) is 0 Å². The minimum Gasteiger partial charge on any atom is -0.383 e. The van der Waals surface area contributed by atoms with Gasteiger partial charge in [-0.15, -0.1) is 0 Å². The Balaban J connectivity index is 2.20. The van der Waals surface area contributed by atoms with Crippen LogP contribution >= 0.6 is 0 Å². The molecule has 0 saturated heterocycles. The Morgan fingerprint density at radius 1 is 0.600 bits per heavy atom. The number of carbonyl (C=O) groups excluding carboxylic acids is 4. The van der Waals surface area contributed by atoms with Crippen molar-refractivity contribution in [1.29, 1.82) is 0 Å². The lowest BCUT2D eigenvalue weighted by Crippen LogP contribution is -2.49. The Morgan fingerprint density at radius 2 is 1.02 bits per heavy atom. The van der Waals surface area contributed by atoms with E-state index in [1.807, 2.05) is 72.6 Å². The molecule has 0 heterocycles. The first-order valence-corrected chi connectivity index (χ1v) is 13.3. The van der Waals surface area contributed by atoms with Crippen molar-refractivity contribution in [3.05, 3.63) is 71.8 Å². The number of Topliss-reactive ketones (excluding diaryl/α,β-unsaturated/α-hetero) is 1. The van der Waals surface area contributed by atoms with Gasteiger partial charge in [-0.3, -0.25) is 24.1 Å². The zero-order chi connectivity index (χ0) is 29.3. The average Bonchev–Trinajstić information content (AvgIpc) is 2.94. The Labute approximate surface area is 237 Å². The van der Waals surface area contributed by atoms with Crippen molar-refractivity contribution in [2.24, 2.45) is 0 Å².